The van der Waals surface area contributed by atoms with Crippen LogP contribution in [0.2, 0.25) is 0 Å². The molecular weight excluding hydrogens is 265 g/mol. The van der Waals surface area contributed by atoms with Crippen molar-refractivity contribution in [1.82, 2.24) is 5.32 Å². The van der Waals surface area contributed by atoms with E-state index in [-0.39, 0.29) is 6.42 Å². The van der Waals surface area contributed by atoms with Crippen LogP contribution in [0.25, 0.3) is 0 Å². The number of carboxylic acid groups (broad SMARTS) is 1. The average Bonchev–Trinajstić information content (AvgIpc) is 2.25. The number of hydrogen-bond acceptors (Lipinski definition) is 3. The van der Waals surface area contributed by atoms with Crippen LogP contribution >= 0.6 is 0 Å². The van der Waals surface area contributed by atoms with Crippen LogP contribution in [0.1, 0.15) is 38.8 Å². The van der Waals surface area contributed by atoms with Crippen molar-refractivity contribution < 1.29 is 23.8 Å². The molecule has 0 fully saturated rings. The molecule has 0 saturated carbocycles. The Hall–Kier alpha value is -2.11. The molecule has 0 unspecified atom stereocenters. The van der Waals surface area contributed by atoms with Gasteiger partial charge in [0.05, 0.1) is 12.5 Å². The van der Waals surface area contributed by atoms with E-state index in [0.29, 0.717) is 5.56 Å². The molecule has 6 heteroatoms. The third kappa shape index (κ3) is 5.69. The standard InChI is InChI=1S/C14H18FNO4/c1-14(2,3)20-13(19)16-11(8-12(17)18)9-4-6-10(15)7-5-9/h4-7,11H,8H2,1-3H3,(H,16,19)(H,17,18)/t11-/m0/s1. The van der Waals surface area contributed by atoms with Crippen molar-refractivity contribution in [3.8, 4) is 0 Å². The molecule has 0 aromatic heterocycles. The van der Waals surface area contributed by atoms with Crippen molar-refractivity contribution >= 4 is 12.1 Å². The molecule has 0 heterocycles. The summed E-state index contributed by atoms with van der Waals surface area (Å²) in [4.78, 5) is 22.5. The second-order valence-corrected chi connectivity index (χ2v) is 5.35. The summed E-state index contributed by atoms with van der Waals surface area (Å²) in [5.74, 6) is -1.50. The number of carboxylic acids is 1. The van der Waals surface area contributed by atoms with Gasteiger partial charge in [0.15, 0.2) is 0 Å². The normalized spacial score (nSPS) is 12.6. The molecule has 1 rings (SSSR count). The number of carbonyl (C=O) groups is 2. The zero-order valence-electron chi connectivity index (χ0n) is 11.6. The average molecular weight is 283 g/mol. The predicted octanol–water partition coefficient (Wildman–Crippen LogP) is 2.87. The maximum Gasteiger partial charge on any atom is 0.408 e. The van der Waals surface area contributed by atoms with Gasteiger partial charge in [-0.05, 0) is 38.5 Å². The topological polar surface area (TPSA) is 75.6 Å². The van der Waals surface area contributed by atoms with E-state index < -0.39 is 29.5 Å². The van der Waals surface area contributed by atoms with E-state index in [4.69, 9.17) is 9.84 Å². The number of alkyl carbamates (subject to hydrolysis) is 1. The minimum absolute atomic E-state index is 0.315. The van der Waals surface area contributed by atoms with Crippen LogP contribution in [0.5, 0.6) is 0 Å². The number of amides is 1. The molecule has 0 aliphatic rings. The highest BCUT2D eigenvalue weighted by molar-refractivity contribution is 5.72. The molecule has 0 spiro atoms. The Bertz CT molecular complexity index is 479. The minimum atomic E-state index is -1.07. The summed E-state index contributed by atoms with van der Waals surface area (Å²) in [6.07, 6.45) is -1.03. The van der Waals surface area contributed by atoms with Gasteiger partial charge in [0, 0.05) is 0 Å². The van der Waals surface area contributed by atoms with Gasteiger partial charge in [0.1, 0.15) is 11.4 Å². The van der Waals surface area contributed by atoms with Gasteiger partial charge in [0.25, 0.3) is 0 Å². The number of hydrogen-bond donors (Lipinski definition) is 2. The highest BCUT2D eigenvalue weighted by Gasteiger charge is 2.22. The number of benzene rings is 1. The lowest BCUT2D eigenvalue weighted by atomic mass is 10.0. The largest absolute Gasteiger partial charge is 0.481 e. The van der Waals surface area contributed by atoms with Crippen LogP contribution in [-0.4, -0.2) is 22.8 Å². The summed E-state index contributed by atoms with van der Waals surface area (Å²) in [6, 6.07) is 4.51. The van der Waals surface area contributed by atoms with E-state index in [2.05, 4.69) is 5.32 Å². The third-order valence-electron chi connectivity index (χ3n) is 2.34. The van der Waals surface area contributed by atoms with Crippen LogP contribution in [0, 0.1) is 5.82 Å². The van der Waals surface area contributed by atoms with Crippen LogP contribution < -0.4 is 5.32 Å². The Morgan fingerprint density at radius 1 is 1.30 bits per heavy atom. The SMILES string of the molecule is CC(C)(C)OC(=O)N[C@@H](CC(=O)O)c1ccc(F)cc1. The van der Waals surface area contributed by atoms with E-state index in [1.165, 1.54) is 24.3 Å². The molecular formula is C14H18FNO4. The number of halogens is 1. The maximum absolute atomic E-state index is 12.9. The van der Waals surface area contributed by atoms with Crippen LogP contribution in [-0.2, 0) is 9.53 Å². The number of rotatable bonds is 4. The number of nitrogens with one attached hydrogen (secondary N) is 1. The maximum atomic E-state index is 12.9. The highest BCUT2D eigenvalue weighted by Crippen LogP contribution is 2.18. The van der Waals surface area contributed by atoms with Crippen molar-refractivity contribution in [2.75, 3.05) is 0 Å². The van der Waals surface area contributed by atoms with Gasteiger partial charge in [-0.25, -0.2) is 9.18 Å². The summed E-state index contributed by atoms with van der Waals surface area (Å²) < 4.78 is 17.9. The van der Waals surface area contributed by atoms with Crippen LogP contribution in [0.15, 0.2) is 24.3 Å². The third-order valence-corrected chi connectivity index (χ3v) is 2.34. The lowest BCUT2D eigenvalue weighted by Crippen LogP contribution is -2.35. The Morgan fingerprint density at radius 3 is 2.30 bits per heavy atom. The zero-order chi connectivity index (χ0) is 15.3. The molecule has 2 N–H and O–H groups in total. The molecule has 1 amide bonds. The second kappa shape index (κ2) is 6.36. The van der Waals surface area contributed by atoms with Gasteiger partial charge in [-0.3, -0.25) is 4.79 Å². The van der Waals surface area contributed by atoms with Crippen molar-refractivity contribution in [3.63, 3.8) is 0 Å². The van der Waals surface area contributed by atoms with Gasteiger partial charge in [0.2, 0.25) is 0 Å². The van der Waals surface area contributed by atoms with E-state index in [1.54, 1.807) is 20.8 Å². The fourth-order valence-electron chi connectivity index (χ4n) is 1.57. The molecule has 0 aliphatic carbocycles. The Morgan fingerprint density at radius 2 is 1.85 bits per heavy atom. The fraction of sp³-hybridized carbons (Fsp3) is 0.429. The van der Waals surface area contributed by atoms with E-state index in [9.17, 15) is 14.0 Å². The van der Waals surface area contributed by atoms with Crippen LogP contribution in [0.3, 0.4) is 0 Å². The summed E-state index contributed by atoms with van der Waals surface area (Å²) in [7, 11) is 0. The number of aliphatic carboxylic acids is 1. The van der Waals surface area contributed by atoms with E-state index in [1.807, 2.05) is 0 Å². The van der Waals surface area contributed by atoms with Gasteiger partial charge in [-0.2, -0.15) is 0 Å². The lowest BCUT2D eigenvalue weighted by Gasteiger charge is -2.23. The van der Waals surface area contributed by atoms with Crippen LogP contribution in [0.4, 0.5) is 9.18 Å². The number of ether oxygens (including phenoxy) is 1. The lowest BCUT2D eigenvalue weighted by molar-refractivity contribution is -0.137. The first-order chi connectivity index (χ1) is 9.17. The molecule has 1 aromatic rings. The van der Waals surface area contributed by atoms with Crippen molar-refractivity contribution in [1.29, 1.82) is 0 Å². The van der Waals surface area contributed by atoms with Crippen molar-refractivity contribution in [2.24, 2.45) is 0 Å². The quantitative estimate of drug-likeness (QED) is 0.891. The van der Waals surface area contributed by atoms with Gasteiger partial charge in [-0.1, -0.05) is 12.1 Å². The molecule has 5 nitrogen and oxygen atoms in total. The summed E-state index contributed by atoms with van der Waals surface area (Å²) in [6.45, 7) is 5.12. The molecule has 1 atom stereocenters. The Balaban J connectivity index is 2.82. The summed E-state index contributed by atoms with van der Waals surface area (Å²) in [5, 5.41) is 11.4. The monoisotopic (exact) mass is 283 g/mol. The van der Waals surface area contributed by atoms with Crippen molar-refractivity contribution in [2.45, 2.75) is 38.8 Å². The smallest absolute Gasteiger partial charge is 0.408 e. The molecule has 0 bridgehead atoms. The summed E-state index contributed by atoms with van der Waals surface area (Å²) in [5.41, 5.74) is -0.180. The highest BCUT2D eigenvalue weighted by atomic mass is 19.1. The summed E-state index contributed by atoms with van der Waals surface area (Å²) >= 11 is 0. The molecule has 0 saturated heterocycles. The number of carbonyl (C=O) groups excluding carboxylic acids is 1. The van der Waals surface area contributed by atoms with E-state index >= 15 is 0 Å². The molecule has 0 aliphatic heterocycles. The van der Waals surface area contributed by atoms with Gasteiger partial charge in [-0.15, -0.1) is 0 Å². The van der Waals surface area contributed by atoms with Crippen molar-refractivity contribution in [3.05, 3.63) is 35.6 Å². The zero-order valence-corrected chi connectivity index (χ0v) is 11.6. The first kappa shape index (κ1) is 15.9. The predicted molar refractivity (Wildman–Crippen MR) is 70.8 cm³/mol. The Labute approximate surface area is 116 Å². The van der Waals surface area contributed by atoms with Gasteiger partial charge >= 0.3 is 12.1 Å². The Kier molecular flexibility index (Phi) is 5.07. The van der Waals surface area contributed by atoms with Gasteiger partial charge < -0.3 is 15.2 Å². The molecule has 20 heavy (non-hydrogen) atoms. The molecule has 1 aromatic carbocycles. The minimum Gasteiger partial charge on any atom is -0.481 e. The first-order valence-electron chi connectivity index (χ1n) is 6.14. The van der Waals surface area contributed by atoms with E-state index in [0.717, 1.165) is 0 Å². The first-order valence-corrected chi connectivity index (χ1v) is 6.14. The fourth-order valence-corrected chi connectivity index (χ4v) is 1.57. The molecule has 110 valence electrons. The molecule has 0 radical (unpaired) electrons. The second-order valence-electron chi connectivity index (χ2n) is 5.35.